The summed E-state index contributed by atoms with van der Waals surface area (Å²) in [6, 6.07) is 15.0. The highest BCUT2D eigenvalue weighted by Crippen LogP contribution is 2.32. The predicted molar refractivity (Wildman–Crippen MR) is 122 cm³/mol. The number of carbonyl (C=O) groups is 1. The number of benzene rings is 2. The van der Waals surface area contributed by atoms with Crippen molar-refractivity contribution in [1.82, 2.24) is 4.98 Å². The molecule has 0 atom stereocenters. The molecule has 2 heterocycles. The van der Waals surface area contributed by atoms with Crippen LogP contribution in [0.25, 0.3) is 21.1 Å². The Balaban J connectivity index is 1.75. The number of hydrogen-bond donors (Lipinski definition) is 0. The molecular formula is C22H18Cl2N2O2S. The maximum absolute atomic E-state index is 13.3. The highest BCUT2D eigenvalue weighted by atomic mass is 35.5. The molecule has 0 saturated carbocycles. The van der Waals surface area contributed by atoms with Crippen LogP contribution in [-0.2, 0) is 0 Å². The van der Waals surface area contributed by atoms with E-state index >= 15 is 0 Å². The van der Waals surface area contributed by atoms with Crippen LogP contribution >= 0.6 is 34.5 Å². The van der Waals surface area contributed by atoms with E-state index in [2.05, 4.69) is 0 Å². The fourth-order valence-electron chi connectivity index (χ4n) is 3.20. The molecule has 0 aliphatic rings. The van der Waals surface area contributed by atoms with Crippen LogP contribution in [0.3, 0.4) is 0 Å². The Kier molecular flexibility index (Phi) is 5.63. The number of pyridine rings is 1. The Bertz CT molecular complexity index is 1220. The zero-order valence-electron chi connectivity index (χ0n) is 15.9. The summed E-state index contributed by atoms with van der Waals surface area (Å²) in [7, 11) is 1.63. The topological polar surface area (TPSA) is 42.4 Å². The molecule has 2 aromatic carbocycles. The molecule has 0 aliphatic carbocycles. The van der Waals surface area contributed by atoms with Gasteiger partial charge in [-0.2, -0.15) is 0 Å². The van der Waals surface area contributed by atoms with Crippen LogP contribution in [0.15, 0.2) is 48.5 Å². The highest BCUT2D eigenvalue weighted by molar-refractivity contribution is 7.20. The summed E-state index contributed by atoms with van der Waals surface area (Å²) in [5.74, 6) is 0.681. The van der Waals surface area contributed by atoms with Crippen LogP contribution in [0.4, 0.5) is 5.69 Å². The van der Waals surface area contributed by atoms with Crippen LogP contribution in [0.1, 0.15) is 23.0 Å². The number of nitrogens with zero attached hydrogens (tertiary/aromatic N) is 2. The molecule has 4 nitrogen and oxygen atoms in total. The second-order valence-electron chi connectivity index (χ2n) is 6.61. The van der Waals surface area contributed by atoms with E-state index in [1.54, 1.807) is 24.1 Å². The molecule has 1 amide bonds. The minimum atomic E-state index is -0.0742. The lowest BCUT2D eigenvalue weighted by molar-refractivity contribution is 0.0991. The quantitative estimate of drug-likeness (QED) is 0.339. The third kappa shape index (κ3) is 3.90. The van der Waals surface area contributed by atoms with Gasteiger partial charge in [0.1, 0.15) is 10.6 Å². The number of ether oxygens (including phenoxy) is 1. The van der Waals surface area contributed by atoms with Crippen LogP contribution in [0, 0.1) is 0 Å². The van der Waals surface area contributed by atoms with Crippen molar-refractivity contribution < 1.29 is 9.53 Å². The smallest absolute Gasteiger partial charge is 0.268 e. The summed E-state index contributed by atoms with van der Waals surface area (Å²) in [5.41, 5.74) is 1.57. The van der Waals surface area contributed by atoms with Gasteiger partial charge in [-0.15, -0.1) is 11.3 Å². The number of methoxy groups -OCH3 is 1. The van der Waals surface area contributed by atoms with Crippen molar-refractivity contribution in [2.24, 2.45) is 0 Å². The van der Waals surface area contributed by atoms with Crippen molar-refractivity contribution in [2.75, 3.05) is 18.6 Å². The number of halogens is 2. The van der Waals surface area contributed by atoms with E-state index in [1.807, 2.05) is 43.3 Å². The minimum Gasteiger partial charge on any atom is -0.497 e. The molecule has 2 aromatic heterocycles. The highest BCUT2D eigenvalue weighted by Gasteiger charge is 2.21. The van der Waals surface area contributed by atoms with Crippen molar-refractivity contribution in [3.05, 3.63) is 63.5 Å². The Labute approximate surface area is 182 Å². The van der Waals surface area contributed by atoms with E-state index < -0.39 is 0 Å². The number of thiophene rings is 1. The van der Waals surface area contributed by atoms with E-state index in [0.29, 0.717) is 21.5 Å². The molecule has 0 N–H and O–H groups in total. The van der Waals surface area contributed by atoms with E-state index in [1.165, 1.54) is 11.3 Å². The molecule has 4 rings (SSSR count). The third-order valence-corrected chi connectivity index (χ3v) is 6.40. The predicted octanol–water partition coefficient (Wildman–Crippen LogP) is 6.82. The van der Waals surface area contributed by atoms with Gasteiger partial charge in [0.25, 0.3) is 5.91 Å². The Morgan fingerprint density at radius 2 is 1.90 bits per heavy atom. The monoisotopic (exact) mass is 444 g/mol. The van der Waals surface area contributed by atoms with Crippen molar-refractivity contribution in [1.29, 1.82) is 0 Å². The average molecular weight is 445 g/mol. The lowest BCUT2D eigenvalue weighted by atomic mass is 10.2. The number of hydrogen-bond acceptors (Lipinski definition) is 4. The summed E-state index contributed by atoms with van der Waals surface area (Å²) in [4.78, 5) is 21.2. The van der Waals surface area contributed by atoms with E-state index in [4.69, 9.17) is 32.9 Å². The van der Waals surface area contributed by atoms with Gasteiger partial charge in [0.05, 0.1) is 27.5 Å². The molecule has 0 aliphatic heterocycles. The summed E-state index contributed by atoms with van der Waals surface area (Å²) in [6.07, 6.45) is 0.818. The maximum atomic E-state index is 13.3. The lowest BCUT2D eigenvalue weighted by Gasteiger charge is -2.22. The van der Waals surface area contributed by atoms with Crippen LogP contribution in [-0.4, -0.2) is 24.5 Å². The van der Waals surface area contributed by atoms with Gasteiger partial charge in [-0.25, -0.2) is 4.98 Å². The average Bonchev–Trinajstić information content (AvgIpc) is 3.14. The second-order valence-corrected chi connectivity index (χ2v) is 8.45. The number of anilines is 1. The Morgan fingerprint density at radius 1 is 1.07 bits per heavy atom. The largest absolute Gasteiger partial charge is 0.497 e. The lowest BCUT2D eigenvalue weighted by Crippen LogP contribution is -2.31. The summed E-state index contributed by atoms with van der Waals surface area (Å²) >= 11 is 13.6. The van der Waals surface area contributed by atoms with E-state index in [-0.39, 0.29) is 5.91 Å². The molecule has 0 saturated heterocycles. The number of amides is 1. The SMILES string of the molecule is CCCN(C(=O)c1cc2cc3ccc(OC)cc3nc2s1)c1ccc(Cl)c(Cl)c1. The molecule has 0 fully saturated rings. The first-order valence-electron chi connectivity index (χ1n) is 9.15. The van der Waals surface area contributed by atoms with Gasteiger partial charge in [-0.1, -0.05) is 30.1 Å². The summed E-state index contributed by atoms with van der Waals surface area (Å²) in [5, 5.41) is 2.84. The molecule has 148 valence electrons. The number of aromatic nitrogens is 1. The zero-order chi connectivity index (χ0) is 20.5. The van der Waals surface area contributed by atoms with Crippen LogP contribution < -0.4 is 9.64 Å². The van der Waals surface area contributed by atoms with E-state index in [0.717, 1.165) is 39.0 Å². The fourth-order valence-corrected chi connectivity index (χ4v) is 4.46. The normalized spacial score (nSPS) is 11.2. The minimum absolute atomic E-state index is 0.0742. The fraction of sp³-hybridized carbons (Fsp3) is 0.182. The molecule has 0 spiro atoms. The maximum Gasteiger partial charge on any atom is 0.268 e. The van der Waals surface area contributed by atoms with Gasteiger partial charge in [-0.05, 0) is 48.9 Å². The van der Waals surface area contributed by atoms with E-state index in [9.17, 15) is 4.79 Å². The van der Waals surface area contributed by atoms with Crippen molar-refractivity contribution in [3.63, 3.8) is 0 Å². The molecular weight excluding hydrogens is 427 g/mol. The van der Waals surface area contributed by atoms with Gasteiger partial charge in [0.2, 0.25) is 0 Å². The molecule has 29 heavy (non-hydrogen) atoms. The first-order valence-corrected chi connectivity index (χ1v) is 10.7. The van der Waals surface area contributed by atoms with Gasteiger partial charge >= 0.3 is 0 Å². The molecule has 4 aromatic rings. The van der Waals surface area contributed by atoms with Crippen molar-refractivity contribution >= 4 is 67.3 Å². The zero-order valence-corrected chi connectivity index (χ0v) is 18.2. The number of rotatable bonds is 5. The summed E-state index contributed by atoms with van der Waals surface area (Å²) in [6.45, 7) is 2.61. The number of fused-ring (bicyclic) bond motifs is 2. The summed E-state index contributed by atoms with van der Waals surface area (Å²) < 4.78 is 5.29. The Morgan fingerprint density at radius 3 is 2.62 bits per heavy atom. The molecule has 7 heteroatoms. The first kappa shape index (κ1) is 20.0. The second kappa shape index (κ2) is 8.19. The van der Waals surface area contributed by atoms with Crippen molar-refractivity contribution in [3.8, 4) is 5.75 Å². The number of carbonyl (C=O) groups excluding carboxylic acids is 1. The molecule has 0 unspecified atom stereocenters. The van der Waals surface area contributed by atoms with Gasteiger partial charge in [0.15, 0.2) is 0 Å². The molecule has 0 radical (unpaired) electrons. The van der Waals surface area contributed by atoms with Gasteiger partial charge < -0.3 is 9.64 Å². The first-order chi connectivity index (χ1) is 14.0. The third-order valence-electron chi connectivity index (χ3n) is 4.63. The van der Waals surface area contributed by atoms with Crippen LogP contribution in [0.5, 0.6) is 5.75 Å². The van der Waals surface area contributed by atoms with Crippen LogP contribution in [0.2, 0.25) is 10.0 Å². The van der Waals surface area contributed by atoms with Crippen molar-refractivity contribution in [2.45, 2.75) is 13.3 Å². The molecule has 0 bridgehead atoms. The Hall–Kier alpha value is -2.34. The van der Waals surface area contributed by atoms with Gasteiger partial charge in [-0.3, -0.25) is 4.79 Å². The van der Waals surface area contributed by atoms with Gasteiger partial charge in [0, 0.05) is 29.1 Å². The standard InChI is InChI=1S/C22H18Cl2N2O2S/c1-3-8-26(15-5-7-17(23)18(24)11-15)22(27)20-10-14-9-13-4-6-16(28-2)12-19(13)25-21(14)29-20/h4-7,9-12H,3,8H2,1-2H3.